The van der Waals surface area contributed by atoms with Gasteiger partial charge in [-0.3, -0.25) is 0 Å². The van der Waals surface area contributed by atoms with Gasteiger partial charge in [-0.2, -0.15) is 0 Å². The van der Waals surface area contributed by atoms with Crippen molar-refractivity contribution < 1.29 is 41.5 Å². The van der Waals surface area contributed by atoms with Crippen LogP contribution in [0.15, 0.2) is 30.6 Å². The Hall–Kier alpha value is -0.406. The summed E-state index contributed by atoms with van der Waals surface area (Å²) in [5.74, 6) is 0. The third-order valence-corrected chi connectivity index (χ3v) is 1.82. The largest absolute Gasteiger partial charge is 0.313 e. The van der Waals surface area contributed by atoms with Crippen LogP contribution in [-0.4, -0.2) is 4.98 Å². The third-order valence-electron chi connectivity index (χ3n) is 1.82. The van der Waals surface area contributed by atoms with Crippen molar-refractivity contribution in [2.24, 2.45) is 0 Å². The molecular weight excluding hydrogens is 261 g/mol. The molecule has 0 N–H and O–H groups in total. The van der Waals surface area contributed by atoms with Crippen LogP contribution in [0.1, 0.15) is 12.0 Å². The second kappa shape index (κ2) is 4.90. The molecule has 0 amide bonds. The molecule has 2 rings (SSSR count). The minimum absolute atomic E-state index is 0. The van der Waals surface area contributed by atoms with Gasteiger partial charge in [-0.25, -0.2) is 8.78 Å². The Bertz CT molecular complexity index is 431. The Balaban J connectivity index is 0.000000980. The van der Waals surface area contributed by atoms with Crippen LogP contribution >= 0.6 is 0 Å². The first-order chi connectivity index (χ1) is 6.27. The molecule has 0 aliphatic heterocycles. The Labute approximate surface area is 105 Å². The van der Waals surface area contributed by atoms with Crippen molar-refractivity contribution in [2.75, 3.05) is 0 Å². The van der Waals surface area contributed by atoms with E-state index in [4.69, 9.17) is 0 Å². The first kappa shape index (κ1) is 11.7. The molecule has 1 aromatic carbocycles. The maximum absolute atomic E-state index is 12.3. The average Bonchev–Trinajstić information content (AvgIpc) is 2.17. The summed E-state index contributed by atoms with van der Waals surface area (Å²) in [7, 11) is 0. The summed E-state index contributed by atoms with van der Waals surface area (Å²) in [6.45, 7) is 0. The first-order valence-corrected chi connectivity index (χ1v) is 3.81. The molecule has 0 fully saturated rings. The van der Waals surface area contributed by atoms with E-state index in [1.54, 1.807) is 18.5 Å². The Morgan fingerprint density at radius 2 is 2.14 bits per heavy atom. The Morgan fingerprint density at radius 3 is 2.86 bits per heavy atom. The molecule has 1 aromatic heterocycles. The zero-order valence-corrected chi connectivity index (χ0v) is 10.1. The van der Waals surface area contributed by atoms with Crippen LogP contribution in [0.25, 0.3) is 10.8 Å². The van der Waals surface area contributed by atoms with Crippen LogP contribution in [-0.2, 0) is 32.7 Å². The Morgan fingerprint density at radius 1 is 1.36 bits per heavy atom. The number of fused-ring (bicyclic) bond motifs is 1. The van der Waals surface area contributed by atoms with E-state index in [2.05, 4.69) is 11.1 Å². The molecule has 4 heteroatoms. The van der Waals surface area contributed by atoms with E-state index in [-0.39, 0.29) is 38.3 Å². The van der Waals surface area contributed by atoms with Gasteiger partial charge in [0, 0.05) is 38.9 Å². The SMILES string of the molecule is FC(F)c1c[c-]c2cnccc2c1.[Y]. The first-order valence-electron chi connectivity index (χ1n) is 3.81. The summed E-state index contributed by atoms with van der Waals surface area (Å²) in [6, 6.07) is 7.21. The third kappa shape index (κ3) is 2.34. The summed E-state index contributed by atoms with van der Waals surface area (Å²) >= 11 is 0. The van der Waals surface area contributed by atoms with Gasteiger partial charge in [0.1, 0.15) is 0 Å². The van der Waals surface area contributed by atoms with Crippen LogP contribution < -0.4 is 0 Å². The number of halogens is 2. The standard InChI is InChI=1S/C10H6F2N.Y/c11-10(12)8-1-2-9-6-13-4-3-7(9)5-8;/h1,3-6,10H;/q-1;. The fourth-order valence-corrected chi connectivity index (χ4v) is 1.16. The fraction of sp³-hybridized carbons (Fsp3) is 0.100. The van der Waals surface area contributed by atoms with Gasteiger partial charge in [-0.05, 0) is 6.20 Å². The van der Waals surface area contributed by atoms with E-state index >= 15 is 0 Å². The molecule has 0 atom stereocenters. The molecule has 1 heterocycles. The van der Waals surface area contributed by atoms with Gasteiger partial charge >= 0.3 is 0 Å². The molecule has 0 bridgehead atoms. The van der Waals surface area contributed by atoms with Gasteiger partial charge in [-0.15, -0.1) is 29.0 Å². The van der Waals surface area contributed by atoms with E-state index in [1.165, 1.54) is 12.1 Å². The van der Waals surface area contributed by atoms with Crippen molar-refractivity contribution in [3.05, 3.63) is 42.2 Å². The molecule has 0 spiro atoms. The molecule has 0 saturated carbocycles. The molecular formula is C10H6F2NY-. The molecule has 0 unspecified atom stereocenters. The van der Waals surface area contributed by atoms with Gasteiger partial charge in [0.15, 0.2) is 0 Å². The molecule has 2 aromatic rings. The summed E-state index contributed by atoms with van der Waals surface area (Å²) in [5.41, 5.74) is -0.00120. The molecule has 0 saturated heterocycles. The summed E-state index contributed by atoms with van der Waals surface area (Å²) in [5, 5.41) is 1.50. The van der Waals surface area contributed by atoms with Crippen molar-refractivity contribution in [3.63, 3.8) is 0 Å². The number of hydrogen-bond acceptors (Lipinski definition) is 1. The van der Waals surface area contributed by atoms with Gasteiger partial charge in [0.2, 0.25) is 6.43 Å². The predicted molar refractivity (Wildman–Crippen MR) is 45.5 cm³/mol. The average molecular weight is 267 g/mol. The Kier molecular flexibility index (Phi) is 4.08. The van der Waals surface area contributed by atoms with Crippen molar-refractivity contribution in [3.8, 4) is 0 Å². The number of aromatic nitrogens is 1. The van der Waals surface area contributed by atoms with Crippen molar-refractivity contribution in [1.82, 2.24) is 4.98 Å². The molecule has 0 aliphatic carbocycles. The van der Waals surface area contributed by atoms with Gasteiger partial charge < -0.3 is 4.98 Å². The van der Waals surface area contributed by atoms with E-state index in [0.717, 1.165) is 10.8 Å². The van der Waals surface area contributed by atoms with E-state index in [0.29, 0.717) is 0 Å². The smallest absolute Gasteiger partial charge is 0.232 e. The predicted octanol–water partition coefficient (Wildman–Crippen LogP) is 2.97. The van der Waals surface area contributed by atoms with Crippen LogP contribution in [0.3, 0.4) is 0 Å². The number of hydrogen-bond donors (Lipinski definition) is 0. The van der Waals surface area contributed by atoms with Crippen LogP contribution in [0.2, 0.25) is 0 Å². The van der Waals surface area contributed by atoms with Gasteiger partial charge in [0.25, 0.3) is 0 Å². The van der Waals surface area contributed by atoms with E-state index < -0.39 is 6.43 Å². The van der Waals surface area contributed by atoms with E-state index in [1.807, 2.05) is 0 Å². The second-order valence-electron chi connectivity index (χ2n) is 2.70. The zero-order chi connectivity index (χ0) is 9.26. The second-order valence-corrected chi connectivity index (χ2v) is 2.70. The number of benzene rings is 1. The van der Waals surface area contributed by atoms with Crippen molar-refractivity contribution >= 4 is 10.8 Å². The van der Waals surface area contributed by atoms with Crippen LogP contribution in [0.4, 0.5) is 8.78 Å². The maximum atomic E-state index is 12.3. The zero-order valence-electron chi connectivity index (χ0n) is 7.24. The molecule has 1 radical (unpaired) electrons. The van der Waals surface area contributed by atoms with Gasteiger partial charge in [0.05, 0.1) is 0 Å². The van der Waals surface area contributed by atoms with Crippen LogP contribution in [0, 0.1) is 6.07 Å². The molecule has 14 heavy (non-hydrogen) atoms. The maximum Gasteiger partial charge on any atom is 0.232 e. The quantitative estimate of drug-likeness (QED) is 0.724. The number of alkyl halides is 2. The van der Waals surface area contributed by atoms with Gasteiger partial charge in [-0.1, -0.05) is 11.6 Å². The van der Waals surface area contributed by atoms with Crippen molar-refractivity contribution in [2.45, 2.75) is 6.43 Å². The normalized spacial score (nSPS) is 10.2. The molecule has 69 valence electrons. The minimum Gasteiger partial charge on any atom is -0.313 e. The van der Waals surface area contributed by atoms with E-state index in [9.17, 15) is 8.78 Å². The minimum atomic E-state index is -2.44. The monoisotopic (exact) mass is 267 g/mol. The fourth-order valence-electron chi connectivity index (χ4n) is 1.16. The number of nitrogens with zero attached hydrogens (tertiary/aromatic N) is 1. The molecule has 0 aliphatic rings. The van der Waals surface area contributed by atoms with Crippen molar-refractivity contribution in [1.29, 1.82) is 0 Å². The summed E-state index contributed by atoms with van der Waals surface area (Å²) in [6.07, 6.45) is 0.740. The molecule has 1 nitrogen and oxygen atoms in total. The summed E-state index contributed by atoms with van der Waals surface area (Å²) in [4.78, 5) is 3.87. The number of pyridine rings is 1. The number of rotatable bonds is 1. The van der Waals surface area contributed by atoms with Crippen LogP contribution in [0.5, 0.6) is 0 Å². The summed E-state index contributed by atoms with van der Waals surface area (Å²) < 4.78 is 24.5. The topological polar surface area (TPSA) is 12.9 Å².